The highest BCUT2D eigenvalue weighted by Crippen LogP contribution is 2.32. The Bertz CT molecular complexity index is 524. The van der Waals surface area contributed by atoms with E-state index in [9.17, 15) is 0 Å². The maximum absolute atomic E-state index is 4.46. The zero-order chi connectivity index (χ0) is 14.6. The summed E-state index contributed by atoms with van der Waals surface area (Å²) in [7, 11) is 0. The maximum Gasteiger partial charge on any atom is 0.0542 e. The van der Waals surface area contributed by atoms with E-state index in [1.807, 2.05) is 6.20 Å². The smallest absolute Gasteiger partial charge is 0.0542 e. The zero-order valence-corrected chi connectivity index (χ0v) is 12.9. The van der Waals surface area contributed by atoms with E-state index in [2.05, 4.69) is 80.5 Å². The van der Waals surface area contributed by atoms with Gasteiger partial charge in [-0.3, -0.25) is 4.98 Å². The number of pyridine rings is 1. The second kappa shape index (κ2) is 6.19. The molecule has 1 atom stereocenters. The Balaban J connectivity index is 2.11. The predicted octanol–water partition coefficient (Wildman–Crippen LogP) is 4.27. The van der Waals surface area contributed by atoms with E-state index < -0.39 is 0 Å². The monoisotopic (exact) mass is 268 g/mol. The average Bonchev–Trinajstić information content (AvgIpc) is 2.41. The van der Waals surface area contributed by atoms with Gasteiger partial charge >= 0.3 is 0 Å². The van der Waals surface area contributed by atoms with Gasteiger partial charge in [-0.05, 0) is 29.5 Å². The highest BCUT2D eigenvalue weighted by molar-refractivity contribution is 5.21. The van der Waals surface area contributed by atoms with E-state index in [4.69, 9.17) is 0 Å². The summed E-state index contributed by atoms with van der Waals surface area (Å²) in [6, 6.07) is 15.1. The summed E-state index contributed by atoms with van der Waals surface area (Å²) in [5.41, 5.74) is 3.77. The zero-order valence-electron chi connectivity index (χ0n) is 12.9. The fourth-order valence-electron chi connectivity index (χ4n) is 2.38. The minimum atomic E-state index is 0.159. The van der Waals surface area contributed by atoms with E-state index in [0.29, 0.717) is 6.04 Å². The lowest BCUT2D eigenvalue weighted by atomic mass is 9.82. The molecule has 1 unspecified atom stereocenters. The van der Waals surface area contributed by atoms with Crippen LogP contribution in [0.25, 0.3) is 0 Å². The highest BCUT2D eigenvalue weighted by Gasteiger charge is 2.25. The number of benzene rings is 1. The van der Waals surface area contributed by atoms with Crippen LogP contribution in [0.2, 0.25) is 0 Å². The molecular weight excluding hydrogens is 244 g/mol. The summed E-state index contributed by atoms with van der Waals surface area (Å²) in [6.45, 7) is 9.64. The van der Waals surface area contributed by atoms with Crippen LogP contribution >= 0.6 is 0 Å². The van der Waals surface area contributed by atoms with E-state index in [1.165, 1.54) is 11.1 Å². The number of hydrogen-bond acceptors (Lipinski definition) is 2. The van der Waals surface area contributed by atoms with Gasteiger partial charge < -0.3 is 5.32 Å². The Hall–Kier alpha value is -1.67. The van der Waals surface area contributed by atoms with Crippen LogP contribution < -0.4 is 5.32 Å². The molecule has 1 N–H and O–H groups in total. The lowest BCUT2D eigenvalue weighted by Crippen LogP contribution is -2.32. The van der Waals surface area contributed by atoms with Crippen molar-refractivity contribution in [1.82, 2.24) is 10.3 Å². The quantitative estimate of drug-likeness (QED) is 0.896. The van der Waals surface area contributed by atoms with Crippen LogP contribution in [0.5, 0.6) is 0 Å². The molecule has 1 aromatic heterocycles. The first kappa shape index (κ1) is 14.7. The van der Waals surface area contributed by atoms with Crippen LogP contribution in [-0.4, -0.2) is 4.98 Å². The van der Waals surface area contributed by atoms with E-state index >= 15 is 0 Å². The molecule has 2 aromatic rings. The topological polar surface area (TPSA) is 24.9 Å². The molecule has 0 aliphatic carbocycles. The Morgan fingerprint density at radius 3 is 2.30 bits per heavy atom. The van der Waals surface area contributed by atoms with Crippen LogP contribution in [0.1, 0.15) is 43.6 Å². The molecule has 0 amide bonds. The van der Waals surface area contributed by atoms with Gasteiger partial charge in [-0.1, -0.05) is 57.2 Å². The third-order valence-electron chi connectivity index (χ3n) is 3.46. The van der Waals surface area contributed by atoms with E-state index in [1.54, 1.807) is 0 Å². The molecule has 2 nitrogen and oxygen atoms in total. The first-order chi connectivity index (χ1) is 9.47. The molecule has 20 heavy (non-hydrogen) atoms. The van der Waals surface area contributed by atoms with Crippen LogP contribution in [0.4, 0.5) is 0 Å². The van der Waals surface area contributed by atoms with Gasteiger partial charge in [0, 0.05) is 18.8 Å². The van der Waals surface area contributed by atoms with Gasteiger partial charge in [-0.25, -0.2) is 0 Å². The Morgan fingerprint density at radius 2 is 1.75 bits per heavy atom. The summed E-state index contributed by atoms with van der Waals surface area (Å²) >= 11 is 0. The molecule has 0 bridgehead atoms. The van der Waals surface area contributed by atoms with Crippen molar-refractivity contribution in [3.05, 3.63) is 65.5 Å². The summed E-state index contributed by atoms with van der Waals surface area (Å²) < 4.78 is 0. The molecule has 0 saturated heterocycles. The second-order valence-corrected chi connectivity index (χ2v) is 6.42. The van der Waals surface area contributed by atoms with Gasteiger partial charge in [0.1, 0.15) is 0 Å². The van der Waals surface area contributed by atoms with Gasteiger partial charge in [-0.2, -0.15) is 0 Å². The Morgan fingerprint density at radius 1 is 1.05 bits per heavy atom. The third kappa shape index (κ3) is 3.91. The van der Waals surface area contributed by atoms with Crippen molar-refractivity contribution in [2.45, 2.75) is 40.3 Å². The van der Waals surface area contributed by atoms with Gasteiger partial charge in [0.05, 0.1) is 5.69 Å². The van der Waals surface area contributed by atoms with Crippen molar-refractivity contribution >= 4 is 0 Å². The lowest BCUT2D eigenvalue weighted by molar-refractivity contribution is 0.270. The molecule has 1 aromatic carbocycles. The minimum absolute atomic E-state index is 0.159. The molecule has 0 fully saturated rings. The maximum atomic E-state index is 4.46. The minimum Gasteiger partial charge on any atom is -0.304 e. The number of aryl methyl sites for hydroxylation is 1. The predicted molar refractivity (Wildman–Crippen MR) is 84.5 cm³/mol. The van der Waals surface area contributed by atoms with Crippen molar-refractivity contribution < 1.29 is 0 Å². The van der Waals surface area contributed by atoms with Crippen molar-refractivity contribution in [1.29, 1.82) is 0 Å². The summed E-state index contributed by atoms with van der Waals surface area (Å²) in [5.74, 6) is 0. The standard InChI is InChI=1S/C18H24N2/c1-14-10-11-16(19-12-14)13-20-17(18(2,3)4)15-8-6-5-7-9-15/h5-12,17,20H,13H2,1-4H3. The third-order valence-corrected chi connectivity index (χ3v) is 3.46. The molecule has 1 heterocycles. The molecule has 0 radical (unpaired) electrons. The van der Waals surface area contributed by atoms with Crippen LogP contribution in [0.3, 0.4) is 0 Å². The summed E-state index contributed by atoms with van der Waals surface area (Å²) in [6.07, 6.45) is 1.92. The first-order valence-electron chi connectivity index (χ1n) is 7.16. The molecule has 2 heteroatoms. The van der Waals surface area contributed by atoms with Gasteiger partial charge in [0.25, 0.3) is 0 Å². The van der Waals surface area contributed by atoms with Crippen molar-refractivity contribution in [2.24, 2.45) is 5.41 Å². The van der Waals surface area contributed by atoms with Gasteiger partial charge in [0.2, 0.25) is 0 Å². The molecule has 0 saturated carbocycles. The SMILES string of the molecule is Cc1ccc(CNC(c2ccccc2)C(C)(C)C)nc1. The number of rotatable bonds is 4. The second-order valence-electron chi connectivity index (χ2n) is 6.42. The van der Waals surface area contributed by atoms with Gasteiger partial charge in [0.15, 0.2) is 0 Å². The Labute approximate surface area is 122 Å². The number of nitrogens with one attached hydrogen (secondary N) is 1. The molecule has 0 aliphatic rings. The highest BCUT2D eigenvalue weighted by atomic mass is 14.9. The summed E-state index contributed by atoms with van der Waals surface area (Å²) in [4.78, 5) is 4.46. The van der Waals surface area contributed by atoms with Crippen molar-refractivity contribution in [2.75, 3.05) is 0 Å². The van der Waals surface area contributed by atoms with Crippen LogP contribution in [0, 0.1) is 12.3 Å². The van der Waals surface area contributed by atoms with Crippen LogP contribution in [-0.2, 0) is 6.54 Å². The number of hydrogen-bond donors (Lipinski definition) is 1. The van der Waals surface area contributed by atoms with Crippen LogP contribution in [0.15, 0.2) is 48.7 Å². The molecule has 0 spiro atoms. The van der Waals surface area contributed by atoms with Crippen molar-refractivity contribution in [3.8, 4) is 0 Å². The fraction of sp³-hybridized carbons (Fsp3) is 0.389. The molecule has 2 rings (SSSR count). The molecule has 0 aliphatic heterocycles. The molecular formula is C18H24N2. The van der Waals surface area contributed by atoms with E-state index in [-0.39, 0.29) is 5.41 Å². The van der Waals surface area contributed by atoms with Gasteiger partial charge in [-0.15, -0.1) is 0 Å². The largest absolute Gasteiger partial charge is 0.304 e. The fourth-order valence-corrected chi connectivity index (χ4v) is 2.38. The first-order valence-corrected chi connectivity index (χ1v) is 7.16. The molecule has 106 valence electrons. The number of nitrogens with zero attached hydrogens (tertiary/aromatic N) is 1. The lowest BCUT2D eigenvalue weighted by Gasteiger charge is -2.32. The Kier molecular flexibility index (Phi) is 4.56. The van der Waals surface area contributed by atoms with Crippen molar-refractivity contribution in [3.63, 3.8) is 0 Å². The average molecular weight is 268 g/mol. The summed E-state index contributed by atoms with van der Waals surface area (Å²) in [5, 5.41) is 3.65. The normalized spacial score (nSPS) is 13.2. The van der Waals surface area contributed by atoms with E-state index in [0.717, 1.165) is 12.2 Å². The number of aromatic nitrogens is 1.